The van der Waals surface area contributed by atoms with E-state index in [2.05, 4.69) is 4.18 Å². The van der Waals surface area contributed by atoms with Gasteiger partial charge in [0, 0.05) is 0 Å². The smallest absolute Gasteiger partial charge is 0.306 e. The van der Waals surface area contributed by atoms with Crippen molar-refractivity contribution in [3.8, 4) is 5.75 Å². The second-order valence-electron chi connectivity index (χ2n) is 3.15. The SMILES string of the molecule is CS(=O)(=O)Oc1ccc(C=CC(=N)N)cc1. The van der Waals surface area contributed by atoms with Gasteiger partial charge in [0.15, 0.2) is 0 Å². The maximum atomic E-state index is 10.8. The number of benzene rings is 1. The van der Waals surface area contributed by atoms with E-state index in [0.29, 0.717) is 0 Å². The molecule has 3 N–H and O–H groups in total. The monoisotopic (exact) mass is 240 g/mol. The second-order valence-corrected chi connectivity index (χ2v) is 4.72. The van der Waals surface area contributed by atoms with Crippen molar-refractivity contribution in [1.29, 1.82) is 5.41 Å². The first-order valence-electron chi connectivity index (χ1n) is 4.38. The van der Waals surface area contributed by atoms with Crippen molar-refractivity contribution >= 4 is 22.0 Å². The molecule has 16 heavy (non-hydrogen) atoms. The van der Waals surface area contributed by atoms with E-state index in [-0.39, 0.29) is 11.6 Å². The molecule has 5 nitrogen and oxygen atoms in total. The summed E-state index contributed by atoms with van der Waals surface area (Å²) >= 11 is 0. The summed E-state index contributed by atoms with van der Waals surface area (Å²) in [6.45, 7) is 0. The minimum Gasteiger partial charge on any atom is -0.384 e. The zero-order chi connectivity index (χ0) is 12.2. The van der Waals surface area contributed by atoms with E-state index in [0.717, 1.165) is 11.8 Å². The molecular formula is C10H12N2O3S. The number of hydrogen-bond donors (Lipinski definition) is 2. The predicted octanol–water partition coefficient (Wildman–Crippen LogP) is 0.974. The molecule has 0 aromatic heterocycles. The Hall–Kier alpha value is -1.82. The van der Waals surface area contributed by atoms with Crippen LogP contribution in [0.5, 0.6) is 5.75 Å². The summed E-state index contributed by atoms with van der Waals surface area (Å²) in [7, 11) is -3.49. The molecule has 1 aromatic rings. The molecule has 0 unspecified atom stereocenters. The van der Waals surface area contributed by atoms with Gasteiger partial charge in [-0.2, -0.15) is 8.42 Å². The van der Waals surface area contributed by atoms with Crippen molar-refractivity contribution in [3.63, 3.8) is 0 Å². The third-order valence-corrected chi connectivity index (χ3v) is 2.08. The van der Waals surface area contributed by atoms with Gasteiger partial charge in [-0.05, 0) is 23.8 Å². The highest BCUT2D eigenvalue weighted by atomic mass is 32.2. The average Bonchev–Trinajstić information content (AvgIpc) is 2.14. The van der Waals surface area contributed by atoms with Crippen LogP contribution in [0.1, 0.15) is 5.56 Å². The first kappa shape index (κ1) is 12.3. The fourth-order valence-electron chi connectivity index (χ4n) is 0.995. The van der Waals surface area contributed by atoms with Gasteiger partial charge in [-0.15, -0.1) is 0 Å². The molecule has 0 aliphatic carbocycles. The van der Waals surface area contributed by atoms with Gasteiger partial charge in [0.25, 0.3) is 0 Å². The molecule has 6 heteroatoms. The van der Waals surface area contributed by atoms with Crippen molar-refractivity contribution < 1.29 is 12.6 Å². The molecule has 0 fully saturated rings. The third kappa shape index (κ3) is 4.61. The van der Waals surface area contributed by atoms with Crippen LogP contribution >= 0.6 is 0 Å². The van der Waals surface area contributed by atoms with Gasteiger partial charge >= 0.3 is 10.1 Å². The molecule has 0 amide bonds. The lowest BCUT2D eigenvalue weighted by Gasteiger charge is -2.02. The number of rotatable bonds is 4. The van der Waals surface area contributed by atoms with Gasteiger partial charge in [-0.1, -0.05) is 18.2 Å². The fourth-order valence-corrected chi connectivity index (χ4v) is 1.46. The predicted molar refractivity (Wildman–Crippen MR) is 62.9 cm³/mol. The second kappa shape index (κ2) is 4.80. The third-order valence-electron chi connectivity index (χ3n) is 1.58. The lowest BCUT2D eigenvalue weighted by molar-refractivity contribution is 0.493. The minimum absolute atomic E-state index is 0.0449. The topological polar surface area (TPSA) is 93.2 Å². The molecule has 0 atom stereocenters. The molecule has 0 saturated heterocycles. The quantitative estimate of drug-likeness (QED) is 0.466. The van der Waals surface area contributed by atoms with E-state index in [1.54, 1.807) is 18.2 Å². The van der Waals surface area contributed by atoms with E-state index in [1.165, 1.54) is 18.2 Å². The summed E-state index contributed by atoms with van der Waals surface area (Å²) in [5, 5.41) is 6.99. The first-order chi connectivity index (χ1) is 7.37. The maximum Gasteiger partial charge on any atom is 0.306 e. The summed E-state index contributed by atoms with van der Waals surface area (Å²) in [6.07, 6.45) is 4.07. The van der Waals surface area contributed by atoms with Gasteiger partial charge in [0.05, 0.1) is 6.26 Å². The summed E-state index contributed by atoms with van der Waals surface area (Å²) in [5.74, 6) is 0.207. The Balaban J connectivity index is 2.79. The van der Waals surface area contributed by atoms with Crippen LogP contribution in [-0.2, 0) is 10.1 Å². The van der Waals surface area contributed by atoms with Crippen molar-refractivity contribution in [3.05, 3.63) is 35.9 Å². The average molecular weight is 240 g/mol. The van der Waals surface area contributed by atoms with Crippen LogP contribution in [0.15, 0.2) is 30.3 Å². The van der Waals surface area contributed by atoms with Crippen LogP contribution in [0.2, 0.25) is 0 Å². The highest BCUT2D eigenvalue weighted by Crippen LogP contribution is 2.14. The van der Waals surface area contributed by atoms with Crippen LogP contribution in [0, 0.1) is 5.41 Å². The number of hydrogen-bond acceptors (Lipinski definition) is 4. The molecule has 1 rings (SSSR count). The van der Waals surface area contributed by atoms with E-state index < -0.39 is 10.1 Å². The first-order valence-corrected chi connectivity index (χ1v) is 6.20. The molecule has 0 saturated carbocycles. The van der Waals surface area contributed by atoms with E-state index in [1.807, 2.05) is 0 Å². The molecule has 0 aliphatic heterocycles. The Labute approximate surface area is 94.2 Å². The van der Waals surface area contributed by atoms with Crippen LogP contribution in [0.25, 0.3) is 6.08 Å². The molecule has 0 spiro atoms. The van der Waals surface area contributed by atoms with Gasteiger partial charge < -0.3 is 9.92 Å². The van der Waals surface area contributed by atoms with Gasteiger partial charge in [0.2, 0.25) is 0 Å². The number of amidine groups is 1. The van der Waals surface area contributed by atoms with Crippen LogP contribution in [0.3, 0.4) is 0 Å². The zero-order valence-electron chi connectivity index (χ0n) is 8.67. The van der Waals surface area contributed by atoms with Crippen LogP contribution in [-0.4, -0.2) is 20.5 Å². The molecular weight excluding hydrogens is 228 g/mol. The molecule has 0 heterocycles. The van der Waals surface area contributed by atoms with Crippen molar-refractivity contribution in [2.24, 2.45) is 5.73 Å². The normalized spacial score (nSPS) is 11.6. The zero-order valence-corrected chi connectivity index (χ0v) is 9.49. The van der Waals surface area contributed by atoms with E-state index >= 15 is 0 Å². The molecule has 86 valence electrons. The Kier molecular flexibility index (Phi) is 3.68. The highest BCUT2D eigenvalue weighted by molar-refractivity contribution is 7.86. The van der Waals surface area contributed by atoms with Crippen molar-refractivity contribution in [1.82, 2.24) is 0 Å². The van der Waals surface area contributed by atoms with Crippen molar-refractivity contribution in [2.45, 2.75) is 0 Å². The minimum atomic E-state index is -3.49. The summed E-state index contributed by atoms with van der Waals surface area (Å²) in [4.78, 5) is 0. The lowest BCUT2D eigenvalue weighted by Crippen LogP contribution is -2.05. The Morgan fingerprint density at radius 1 is 1.38 bits per heavy atom. The van der Waals surface area contributed by atoms with Crippen molar-refractivity contribution in [2.75, 3.05) is 6.26 Å². The fraction of sp³-hybridized carbons (Fsp3) is 0.100. The van der Waals surface area contributed by atoms with Gasteiger partial charge in [-0.25, -0.2) is 0 Å². The van der Waals surface area contributed by atoms with E-state index in [4.69, 9.17) is 11.1 Å². The molecule has 0 aliphatic rings. The Bertz CT molecular complexity index is 503. The molecule has 0 radical (unpaired) electrons. The maximum absolute atomic E-state index is 10.8. The number of nitrogens with two attached hydrogens (primary N) is 1. The van der Waals surface area contributed by atoms with Gasteiger partial charge in [0.1, 0.15) is 11.6 Å². The number of nitrogens with one attached hydrogen (secondary N) is 1. The summed E-state index contributed by atoms with van der Waals surface area (Å²) in [5.41, 5.74) is 5.95. The largest absolute Gasteiger partial charge is 0.384 e. The highest BCUT2D eigenvalue weighted by Gasteiger charge is 2.02. The Morgan fingerprint density at radius 2 is 1.94 bits per heavy atom. The summed E-state index contributed by atoms with van der Waals surface area (Å²) < 4.78 is 26.3. The van der Waals surface area contributed by atoms with E-state index in [9.17, 15) is 8.42 Å². The standard InChI is InChI=1S/C10H12N2O3S/c1-16(13,14)15-9-5-2-8(3-6-9)4-7-10(11)12/h2-7H,1H3,(H3,11,12). The molecule has 0 bridgehead atoms. The van der Waals surface area contributed by atoms with Crippen LogP contribution < -0.4 is 9.92 Å². The lowest BCUT2D eigenvalue weighted by atomic mass is 10.2. The van der Waals surface area contributed by atoms with Crippen LogP contribution in [0.4, 0.5) is 0 Å². The van der Waals surface area contributed by atoms with Gasteiger partial charge in [-0.3, -0.25) is 5.41 Å². The Morgan fingerprint density at radius 3 is 2.38 bits per heavy atom. The summed E-state index contributed by atoms with van der Waals surface area (Å²) in [6, 6.07) is 6.39. The molecule has 1 aromatic carbocycles.